The molecule has 0 aliphatic carbocycles. The van der Waals surface area contributed by atoms with E-state index in [0.29, 0.717) is 17.9 Å². The second-order valence-electron chi connectivity index (χ2n) is 3.19. The zero-order valence-electron chi connectivity index (χ0n) is 9.07. The number of carboxylic acid groups (broad SMARTS) is 1. The SMILES string of the molecule is COc1ccc(OC)c(CC(Br)C(=O)O)c1. The molecule has 1 atom stereocenters. The quantitative estimate of drug-likeness (QED) is 0.843. The molecule has 1 aromatic carbocycles. The largest absolute Gasteiger partial charge is 0.497 e. The molecule has 0 fully saturated rings. The van der Waals surface area contributed by atoms with E-state index in [0.717, 1.165) is 5.56 Å². The van der Waals surface area contributed by atoms with Gasteiger partial charge in [-0.05, 0) is 30.2 Å². The Labute approximate surface area is 102 Å². The van der Waals surface area contributed by atoms with E-state index in [4.69, 9.17) is 14.6 Å². The first-order chi connectivity index (χ1) is 7.58. The molecule has 1 rings (SSSR count). The summed E-state index contributed by atoms with van der Waals surface area (Å²) in [6.07, 6.45) is 0.343. The van der Waals surface area contributed by atoms with Crippen LogP contribution in [0, 0.1) is 0 Å². The maximum Gasteiger partial charge on any atom is 0.317 e. The van der Waals surface area contributed by atoms with Crippen LogP contribution in [0.2, 0.25) is 0 Å². The fourth-order valence-electron chi connectivity index (χ4n) is 1.32. The van der Waals surface area contributed by atoms with E-state index < -0.39 is 10.8 Å². The molecule has 1 aromatic rings. The molecule has 0 saturated carbocycles. The summed E-state index contributed by atoms with van der Waals surface area (Å²) in [5, 5.41) is 8.81. The molecule has 5 heteroatoms. The maximum absolute atomic E-state index is 10.7. The molecule has 88 valence electrons. The second kappa shape index (κ2) is 5.75. The van der Waals surface area contributed by atoms with Crippen LogP contribution in [-0.2, 0) is 11.2 Å². The Bertz CT molecular complexity index is 378. The van der Waals surface area contributed by atoms with E-state index in [1.807, 2.05) is 0 Å². The third-order valence-corrected chi connectivity index (χ3v) is 2.87. The topological polar surface area (TPSA) is 55.8 Å². The molecule has 0 radical (unpaired) electrons. The van der Waals surface area contributed by atoms with Gasteiger partial charge in [0.15, 0.2) is 0 Å². The number of rotatable bonds is 5. The minimum absolute atomic E-state index is 0.343. The highest BCUT2D eigenvalue weighted by Gasteiger charge is 2.16. The number of hydrogen-bond acceptors (Lipinski definition) is 3. The lowest BCUT2D eigenvalue weighted by molar-refractivity contribution is -0.136. The predicted octanol–water partition coefficient (Wildman–Crippen LogP) is 2.09. The molecule has 0 aliphatic rings. The van der Waals surface area contributed by atoms with Gasteiger partial charge in [-0.3, -0.25) is 4.79 Å². The highest BCUT2D eigenvalue weighted by atomic mass is 79.9. The molecule has 1 unspecified atom stereocenters. The van der Waals surface area contributed by atoms with Gasteiger partial charge >= 0.3 is 5.97 Å². The Kier molecular flexibility index (Phi) is 4.61. The van der Waals surface area contributed by atoms with Gasteiger partial charge in [-0.25, -0.2) is 0 Å². The van der Waals surface area contributed by atoms with Crippen molar-refractivity contribution in [3.05, 3.63) is 23.8 Å². The number of benzene rings is 1. The molecular formula is C11H13BrO4. The van der Waals surface area contributed by atoms with Crippen LogP contribution in [0.1, 0.15) is 5.56 Å². The van der Waals surface area contributed by atoms with Crippen molar-refractivity contribution in [2.45, 2.75) is 11.2 Å². The van der Waals surface area contributed by atoms with Crippen LogP contribution in [0.4, 0.5) is 0 Å². The Hall–Kier alpha value is -1.23. The number of carbonyl (C=O) groups is 1. The number of alkyl halides is 1. The summed E-state index contributed by atoms with van der Waals surface area (Å²) >= 11 is 3.09. The van der Waals surface area contributed by atoms with Gasteiger partial charge in [0.05, 0.1) is 14.2 Å². The molecule has 4 nitrogen and oxygen atoms in total. The fraction of sp³-hybridized carbons (Fsp3) is 0.364. The average molecular weight is 289 g/mol. The molecule has 1 N–H and O–H groups in total. The molecule has 16 heavy (non-hydrogen) atoms. The fourth-order valence-corrected chi connectivity index (χ4v) is 1.67. The average Bonchev–Trinajstić information content (AvgIpc) is 2.28. The van der Waals surface area contributed by atoms with Crippen molar-refractivity contribution >= 4 is 21.9 Å². The zero-order valence-corrected chi connectivity index (χ0v) is 10.7. The molecule has 0 aliphatic heterocycles. The van der Waals surface area contributed by atoms with Gasteiger partial charge in [0.1, 0.15) is 16.3 Å². The number of methoxy groups -OCH3 is 2. The van der Waals surface area contributed by atoms with Crippen molar-refractivity contribution in [2.75, 3.05) is 14.2 Å². The minimum Gasteiger partial charge on any atom is -0.497 e. The maximum atomic E-state index is 10.7. The highest BCUT2D eigenvalue weighted by molar-refractivity contribution is 9.10. The van der Waals surface area contributed by atoms with Gasteiger partial charge in [0.25, 0.3) is 0 Å². The summed E-state index contributed by atoms with van der Waals surface area (Å²) in [6.45, 7) is 0. The van der Waals surface area contributed by atoms with Gasteiger partial charge in [0.2, 0.25) is 0 Å². The van der Waals surface area contributed by atoms with Gasteiger partial charge in [-0.2, -0.15) is 0 Å². The van der Waals surface area contributed by atoms with Crippen LogP contribution in [0.5, 0.6) is 11.5 Å². The summed E-state index contributed by atoms with van der Waals surface area (Å²) in [6, 6.07) is 5.30. The zero-order chi connectivity index (χ0) is 12.1. The van der Waals surface area contributed by atoms with E-state index in [-0.39, 0.29) is 0 Å². The molecule has 0 bridgehead atoms. The number of carboxylic acids is 1. The van der Waals surface area contributed by atoms with Gasteiger partial charge in [0, 0.05) is 0 Å². The van der Waals surface area contributed by atoms with Gasteiger partial charge in [-0.15, -0.1) is 0 Å². The first kappa shape index (κ1) is 12.8. The Balaban J connectivity index is 2.95. The minimum atomic E-state index is -0.898. The van der Waals surface area contributed by atoms with Crippen LogP contribution >= 0.6 is 15.9 Å². The van der Waals surface area contributed by atoms with Crippen molar-refractivity contribution in [1.82, 2.24) is 0 Å². The Morgan fingerprint density at radius 1 is 1.44 bits per heavy atom. The molecular weight excluding hydrogens is 276 g/mol. The number of ether oxygens (including phenoxy) is 2. The van der Waals surface area contributed by atoms with Crippen LogP contribution in [0.3, 0.4) is 0 Å². The normalized spacial score (nSPS) is 11.9. The van der Waals surface area contributed by atoms with Crippen molar-refractivity contribution in [3.8, 4) is 11.5 Å². The first-order valence-electron chi connectivity index (χ1n) is 4.66. The van der Waals surface area contributed by atoms with Crippen molar-refractivity contribution in [2.24, 2.45) is 0 Å². The molecule has 0 spiro atoms. The van der Waals surface area contributed by atoms with E-state index >= 15 is 0 Å². The summed E-state index contributed by atoms with van der Waals surface area (Å²) < 4.78 is 10.2. The first-order valence-corrected chi connectivity index (χ1v) is 5.57. The second-order valence-corrected chi connectivity index (χ2v) is 4.29. The van der Waals surface area contributed by atoms with Crippen LogP contribution < -0.4 is 9.47 Å². The standard InChI is InChI=1S/C11H13BrO4/c1-15-8-3-4-10(16-2)7(5-8)6-9(12)11(13)14/h3-5,9H,6H2,1-2H3,(H,13,14). The summed E-state index contributed by atoms with van der Waals surface area (Å²) in [4.78, 5) is 10.1. The highest BCUT2D eigenvalue weighted by Crippen LogP contribution is 2.26. The van der Waals surface area contributed by atoms with Crippen molar-refractivity contribution in [1.29, 1.82) is 0 Å². The monoisotopic (exact) mass is 288 g/mol. The van der Waals surface area contributed by atoms with E-state index in [1.54, 1.807) is 32.4 Å². The predicted molar refractivity (Wildman–Crippen MR) is 63.6 cm³/mol. The summed E-state index contributed by atoms with van der Waals surface area (Å²) in [5.74, 6) is 0.442. The Morgan fingerprint density at radius 2 is 2.12 bits per heavy atom. The number of halogens is 1. The molecule has 0 saturated heterocycles. The lowest BCUT2D eigenvalue weighted by atomic mass is 10.1. The molecule has 0 amide bonds. The molecule has 0 aromatic heterocycles. The third kappa shape index (κ3) is 3.13. The van der Waals surface area contributed by atoms with Crippen LogP contribution in [0.15, 0.2) is 18.2 Å². The van der Waals surface area contributed by atoms with Gasteiger partial charge in [-0.1, -0.05) is 15.9 Å². The number of hydrogen-bond donors (Lipinski definition) is 1. The van der Waals surface area contributed by atoms with E-state index in [9.17, 15) is 4.79 Å². The van der Waals surface area contributed by atoms with Crippen molar-refractivity contribution in [3.63, 3.8) is 0 Å². The van der Waals surface area contributed by atoms with Crippen LogP contribution in [-0.4, -0.2) is 30.1 Å². The summed E-state index contributed by atoms with van der Waals surface area (Å²) in [5.41, 5.74) is 0.797. The van der Waals surface area contributed by atoms with E-state index in [2.05, 4.69) is 15.9 Å². The lowest BCUT2D eigenvalue weighted by Crippen LogP contribution is -2.15. The number of aliphatic carboxylic acids is 1. The Morgan fingerprint density at radius 3 is 2.62 bits per heavy atom. The van der Waals surface area contributed by atoms with Crippen molar-refractivity contribution < 1.29 is 19.4 Å². The third-order valence-electron chi connectivity index (χ3n) is 2.15. The van der Waals surface area contributed by atoms with E-state index in [1.165, 1.54) is 0 Å². The van der Waals surface area contributed by atoms with Crippen LogP contribution in [0.25, 0.3) is 0 Å². The summed E-state index contributed by atoms with van der Waals surface area (Å²) in [7, 11) is 3.11. The lowest BCUT2D eigenvalue weighted by Gasteiger charge is -2.11. The van der Waals surface area contributed by atoms with Gasteiger partial charge < -0.3 is 14.6 Å². The smallest absolute Gasteiger partial charge is 0.317 e. The molecule has 0 heterocycles.